The quantitative estimate of drug-likeness (QED) is 0.385. The highest BCUT2D eigenvalue weighted by molar-refractivity contribution is 7.80. The van der Waals surface area contributed by atoms with Crippen molar-refractivity contribution in [3.63, 3.8) is 0 Å². The van der Waals surface area contributed by atoms with E-state index < -0.39 is 11.7 Å². The molecular formula is C24H19FN4O4S. The van der Waals surface area contributed by atoms with Gasteiger partial charge >= 0.3 is 0 Å². The molecule has 0 saturated heterocycles. The molecule has 2 N–H and O–H groups in total. The number of rotatable bonds is 6. The average molecular weight is 479 g/mol. The number of nitrogens with zero attached hydrogens (tertiary/aromatic N) is 2. The SMILES string of the molecule is COc1cc2ncnc(Oc3ccc(NC(=S)NC(=O)c4ccccc4F)cc3)c2cc1OC. The Labute approximate surface area is 199 Å². The maximum absolute atomic E-state index is 13.8. The predicted molar refractivity (Wildman–Crippen MR) is 129 cm³/mol. The third-order valence-corrected chi connectivity index (χ3v) is 4.98. The number of methoxy groups -OCH3 is 2. The predicted octanol–water partition coefficient (Wildman–Crippen LogP) is 4.71. The summed E-state index contributed by atoms with van der Waals surface area (Å²) >= 11 is 5.15. The Balaban J connectivity index is 1.45. The summed E-state index contributed by atoms with van der Waals surface area (Å²) in [5.74, 6) is 0.671. The van der Waals surface area contributed by atoms with Crippen LogP contribution in [0.2, 0.25) is 0 Å². The second-order valence-electron chi connectivity index (χ2n) is 6.92. The zero-order valence-corrected chi connectivity index (χ0v) is 19.0. The zero-order chi connectivity index (χ0) is 24.1. The third kappa shape index (κ3) is 5.02. The van der Waals surface area contributed by atoms with Crippen molar-refractivity contribution >= 4 is 39.8 Å². The molecular weight excluding hydrogens is 459 g/mol. The van der Waals surface area contributed by atoms with Crippen molar-refractivity contribution in [3.05, 3.63) is 78.4 Å². The number of carbonyl (C=O) groups excluding carboxylic acids is 1. The molecule has 0 saturated carbocycles. The molecule has 0 bridgehead atoms. The van der Waals surface area contributed by atoms with Crippen molar-refractivity contribution < 1.29 is 23.4 Å². The molecule has 4 aromatic rings. The van der Waals surface area contributed by atoms with Gasteiger partial charge in [0, 0.05) is 11.8 Å². The second-order valence-corrected chi connectivity index (χ2v) is 7.33. The molecule has 0 atom stereocenters. The van der Waals surface area contributed by atoms with Crippen LogP contribution in [0, 0.1) is 5.82 Å². The van der Waals surface area contributed by atoms with Crippen LogP contribution in [0.4, 0.5) is 10.1 Å². The van der Waals surface area contributed by atoms with E-state index in [2.05, 4.69) is 20.6 Å². The topological polar surface area (TPSA) is 94.6 Å². The summed E-state index contributed by atoms with van der Waals surface area (Å²) in [6.45, 7) is 0. The molecule has 1 heterocycles. The summed E-state index contributed by atoms with van der Waals surface area (Å²) in [6.07, 6.45) is 1.40. The fourth-order valence-electron chi connectivity index (χ4n) is 3.14. The number of aromatic nitrogens is 2. The van der Waals surface area contributed by atoms with Gasteiger partial charge in [-0.05, 0) is 54.7 Å². The number of ether oxygens (including phenoxy) is 3. The first-order valence-corrected chi connectivity index (χ1v) is 10.4. The van der Waals surface area contributed by atoms with Gasteiger partial charge in [-0.25, -0.2) is 14.4 Å². The minimum absolute atomic E-state index is 0.0322. The molecule has 1 aromatic heterocycles. The molecule has 10 heteroatoms. The van der Waals surface area contributed by atoms with Gasteiger partial charge in [0.05, 0.1) is 30.7 Å². The number of amides is 1. The minimum Gasteiger partial charge on any atom is -0.493 e. The average Bonchev–Trinajstić information content (AvgIpc) is 2.84. The van der Waals surface area contributed by atoms with Crippen LogP contribution in [0.1, 0.15) is 10.4 Å². The standard InChI is InChI=1S/C24H19FN4O4S/c1-31-20-11-17-19(12-21(20)32-2)26-13-27-23(17)33-15-9-7-14(8-10-15)28-24(34)29-22(30)16-5-3-4-6-18(16)25/h3-13H,1-2H3,(H2,28,29,30,34). The Hall–Kier alpha value is -4.31. The van der Waals surface area contributed by atoms with Crippen LogP contribution in [0.25, 0.3) is 10.9 Å². The van der Waals surface area contributed by atoms with Crippen LogP contribution < -0.4 is 24.8 Å². The van der Waals surface area contributed by atoms with Gasteiger partial charge in [-0.2, -0.15) is 0 Å². The summed E-state index contributed by atoms with van der Waals surface area (Å²) in [5.41, 5.74) is 1.14. The number of carbonyl (C=O) groups is 1. The van der Waals surface area contributed by atoms with Crippen molar-refractivity contribution in [1.29, 1.82) is 0 Å². The van der Waals surface area contributed by atoms with Crippen molar-refractivity contribution in [2.45, 2.75) is 0 Å². The molecule has 0 fully saturated rings. The van der Waals surface area contributed by atoms with E-state index in [4.69, 9.17) is 26.4 Å². The van der Waals surface area contributed by atoms with Crippen LogP contribution in [0.3, 0.4) is 0 Å². The maximum Gasteiger partial charge on any atom is 0.260 e. The zero-order valence-electron chi connectivity index (χ0n) is 18.2. The summed E-state index contributed by atoms with van der Waals surface area (Å²) in [6, 6.07) is 16.0. The highest BCUT2D eigenvalue weighted by atomic mass is 32.1. The Bertz CT molecular complexity index is 1370. The molecule has 0 aliphatic rings. The van der Waals surface area contributed by atoms with Crippen LogP contribution >= 0.6 is 12.2 Å². The van der Waals surface area contributed by atoms with Gasteiger partial charge in [-0.1, -0.05) is 12.1 Å². The number of hydrogen-bond donors (Lipinski definition) is 2. The number of hydrogen-bond acceptors (Lipinski definition) is 7. The molecule has 4 rings (SSSR count). The maximum atomic E-state index is 13.8. The molecule has 172 valence electrons. The molecule has 1 amide bonds. The Kier molecular flexibility index (Phi) is 6.79. The summed E-state index contributed by atoms with van der Waals surface area (Å²) in [4.78, 5) is 20.7. The lowest BCUT2D eigenvalue weighted by atomic mass is 10.2. The number of fused-ring (bicyclic) bond motifs is 1. The molecule has 0 spiro atoms. The van der Waals surface area contributed by atoms with E-state index in [1.54, 1.807) is 56.7 Å². The Morgan fingerprint density at radius 1 is 0.971 bits per heavy atom. The van der Waals surface area contributed by atoms with Gasteiger partial charge in [-0.3, -0.25) is 10.1 Å². The van der Waals surface area contributed by atoms with Crippen molar-refractivity contribution in [3.8, 4) is 23.1 Å². The van der Waals surface area contributed by atoms with Crippen LogP contribution in [-0.4, -0.2) is 35.2 Å². The second kappa shape index (κ2) is 10.1. The number of anilines is 1. The fraction of sp³-hybridized carbons (Fsp3) is 0.0833. The van der Waals surface area contributed by atoms with Gasteiger partial charge in [0.1, 0.15) is 17.9 Å². The molecule has 8 nitrogen and oxygen atoms in total. The summed E-state index contributed by atoms with van der Waals surface area (Å²) < 4.78 is 30.4. The van der Waals surface area contributed by atoms with Crippen molar-refractivity contribution in [1.82, 2.24) is 15.3 Å². The number of halogens is 1. The van der Waals surface area contributed by atoms with E-state index in [0.717, 1.165) is 0 Å². The summed E-state index contributed by atoms with van der Waals surface area (Å²) in [5, 5.41) is 6.01. The van der Waals surface area contributed by atoms with Crippen LogP contribution in [0.15, 0.2) is 67.0 Å². The summed E-state index contributed by atoms with van der Waals surface area (Å²) in [7, 11) is 3.10. The van der Waals surface area contributed by atoms with Crippen LogP contribution in [0.5, 0.6) is 23.1 Å². The monoisotopic (exact) mass is 478 g/mol. The Morgan fingerprint density at radius 3 is 2.38 bits per heavy atom. The highest BCUT2D eigenvalue weighted by Gasteiger charge is 2.14. The molecule has 0 unspecified atom stereocenters. The number of benzene rings is 3. The lowest BCUT2D eigenvalue weighted by molar-refractivity contribution is 0.0974. The van der Waals surface area contributed by atoms with E-state index in [-0.39, 0.29) is 10.7 Å². The lowest BCUT2D eigenvalue weighted by Crippen LogP contribution is -2.34. The molecule has 0 aliphatic carbocycles. The van der Waals surface area contributed by atoms with E-state index in [9.17, 15) is 9.18 Å². The van der Waals surface area contributed by atoms with E-state index in [0.29, 0.717) is 39.7 Å². The number of nitrogens with one attached hydrogen (secondary N) is 2. The third-order valence-electron chi connectivity index (χ3n) is 4.78. The van der Waals surface area contributed by atoms with Crippen molar-refractivity contribution in [2.24, 2.45) is 0 Å². The number of thiocarbonyl (C=S) groups is 1. The van der Waals surface area contributed by atoms with Gasteiger partial charge < -0.3 is 19.5 Å². The fourth-order valence-corrected chi connectivity index (χ4v) is 3.35. The van der Waals surface area contributed by atoms with Gasteiger partial charge in [0.2, 0.25) is 5.88 Å². The first-order chi connectivity index (χ1) is 16.5. The largest absolute Gasteiger partial charge is 0.493 e. The Morgan fingerprint density at radius 2 is 1.68 bits per heavy atom. The van der Waals surface area contributed by atoms with Gasteiger partial charge in [-0.15, -0.1) is 0 Å². The van der Waals surface area contributed by atoms with E-state index in [1.807, 2.05) is 0 Å². The molecule has 0 aliphatic heterocycles. The normalized spacial score (nSPS) is 10.4. The molecule has 0 radical (unpaired) electrons. The van der Waals surface area contributed by atoms with Crippen LogP contribution in [-0.2, 0) is 0 Å². The molecule has 3 aromatic carbocycles. The highest BCUT2D eigenvalue weighted by Crippen LogP contribution is 2.35. The minimum atomic E-state index is -0.641. The molecule has 34 heavy (non-hydrogen) atoms. The lowest BCUT2D eigenvalue weighted by Gasteiger charge is -2.12. The van der Waals surface area contributed by atoms with E-state index in [1.165, 1.54) is 24.5 Å². The van der Waals surface area contributed by atoms with E-state index >= 15 is 0 Å². The first kappa shape index (κ1) is 22.9. The van der Waals surface area contributed by atoms with Crippen molar-refractivity contribution in [2.75, 3.05) is 19.5 Å². The van der Waals surface area contributed by atoms with Gasteiger partial charge in [0.25, 0.3) is 5.91 Å². The smallest absolute Gasteiger partial charge is 0.260 e. The first-order valence-electron chi connectivity index (χ1n) is 10.00. The van der Waals surface area contributed by atoms with Gasteiger partial charge in [0.15, 0.2) is 16.6 Å².